The standard InChI is InChI=1S/C12H17N3O2/c1-8-5-13-15(6-8)7-12(16)14-10-4-11-9(10)2-3-17-11/h5-6,9-11H,2-4,7H2,1H3,(H,14,16)/t9-,10+,11+/m0/s1. The first-order valence-corrected chi connectivity index (χ1v) is 6.12. The molecule has 92 valence electrons. The molecule has 3 atom stereocenters. The van der Waals surface area contributed by atoms with Gasteiger partial charge in [-0.15, -0.1) is 0 Å². The van der Waals surface area contributed by atoms with Crippen LogP contribution in [0, 0.1) is 12.8 Å². The van der Waals surface area contributed by atoms with E-state index >= 15 is 0 Å². The molecule has 2 fully saturated rings. The summed E-state index contributed by atoms with van der Waals surface area (Å²) < 4.78 is 7.19. The van der Waals surface area contributed by atoms with Crippen LogP contribution in [0.1, 0.15) is 18.4 Å². The smallest absolute Gasteiger partial charge is 0.241 e. The van der Waals surface area contributed by atoms with Gasteiger partial charge in [-0.3, -0.25) is 9.48 Å². The monoisotopic (exact) mass is 235 g/mol. The second-order valence-electron chi connectivity index (χ2n) is 4.99. The van der Waals surface area contributed by atoms with Crippen molar-refractivity contribution < 1.29 is 9.53 Å². The second kappa shape index (κ2) is 4.14. The van der Waals surface area contributed by atoms with Gasteiger partial charge in [0.25, 0.3) is 0 Å². The minimum Gasteiger partial charge on any atom is -0.378 e. The van der Waals surface area contributed by atoms with Crippen LogP contribution in [0.15, 0.2) is 12.4 Å². The van der Waals surface area contributed by atoms with Gasteiger partial charge in [-0.1, -0.05) is 0 Å². The van der Waals surface area contributed by atoms with Gasteiger partial charge in [0.1, 0.15) is 6.54 Å². The van der Waals surface area contributed by atoms with Crippen molar-refractivity contribution in [3.8, 4) is 0 Å². The van der Waals surface area contributed by atoms with Crippen molar-refractivity contribution in [2.24, 2.45) is 5.92 Å². The van der Waals surface area contributed by atoms with Crippen molar-refractivity contribution >= 4 is 5.91 Å². The molecular weight excluding hydrogens is 218 g/mol. The number of fused-ring (bicyclic) bond motifs is 1. The number of rotatable bonds is 3. The van der Waals surface area contributed by atoms with E-state index in [9.17, 15) is 4.79 Å². The first kappa shape index (κ1) is 10.8. The summed E-state index contributed by atoms with van der Waals surface area (Å²) in [5.74, 6) is 0.585. The number of carbonyl (C=O) groups is 1. The Morgan fingerprint density at radius 3 is 3.29 bits per heavy atom. The van der Waals surface area contributed by atoms with E-state index in [1.807, 2.05) is 13.1 Å². The van der Waals surface area contributed by atoms with Crippen molar-refractivity contribution in [1.29, 1.82) is 0 Å². The molecule has 1 aromatic rings. The van der Waals surface area contributed by atoms with Gasteiger partial charge in [0, 0.05) is 24.8 Å². The van der Waals surface area contributed by atoms with Crippen LogP contribution in [-0.2, 0) is 16.1 Å². The summed E-state index contributed by atoms with van der Waals surface area (Å²) in [6, 6.07) is 0.312. The summed E-state index contributed by atoms with van der Waals surface area (Å²) >= 11 is 0. The number of carbonyl (C=O) groups excluding carboxylic acids is 1. The SMILES string of the molecule is Cc1cnn(CC(=O)N[C@@H]2C[C@H]3OCC[C@@H]23)c1. The Labute approximate surface area is 100 Å². The first-order valence-electron chi connectivity index (χ1n) is 6.12. The minimum absolute atomic E-state index is 0.0449. The number of hydrogen-bond donors (Lipinski definition) is 1. The lowest BCUT2D eigenvalue weighted by Gasteiger charge is -2.39. The molecule has 1 saturated carbocycles. The predicted octanol–water partition coefficient (Wildman–Crippen LogP) is 0.485. The fraction of sp³-hybridized carbons (Fsp3) is 0.667. The van der Waals surface area contributed by atoms with Gasteiger partial charge in [0.2, 0.25) is 5.91 Å². The molecule has 0 radical (unpaired) electrons. The van der Waals surface area contributed by atoms with E-state index in [0.717, 1.165) is 25.0 Å². The van der Waals surface area contributed by atoms with Crippen LogP contribution in [-0.4, -0.2) is 34.4 Å². The average Bonchev–Trinajstić information content (AvgIpc) is 2.82. The van der Waals surface area contributed by atoms with Crippen molar-refractivity contribution in [2.45, 2.75) is 38.5 Å². The van der Waals surface area contributed by atoms with Crippen molar-refractivity contribution in [1.82, 2.24) is 15.1 Å². The molecule has 2 heterocycles. The molecule has 5 heteroatoms. The lowest BCUT2D eigenvalue weighted by atomic mass is 9.76. The zero-order valence-corrected chi connectivity index (χ0v) is 9.93. The fourth-order valence-corrected chi connectivity index (χ4v) is 2.72. The highest BCUT2D eigenvalue weighted by Crippen LogP contribution is 2.38. The number of aromatic nitrogens is 2. The van der Waals surface area contributed by atoms with E-state index in [2.05, 4.69) is 10.4 Å². The molecule has 0 bridgehead atoms. The zero-order valence-electron chi connectivity index (χ0n) is 9.93. The van der Waals surface area contributed by atoms with Crippen molar-refractivity contribution in [3.05, 3.63) is 18.0 Å². The Morgan fingerprint density at radius 2 is 2.59 bits per heavy atom. The lowest BCUT2D eigenvalue weighted by molar-refractivity contribution is -0.124. The third kappa shape index (κ3) is 2.07. The average molecular weight is 235 g/mol. The summed E-state index contributed by atoms with van der Waals surface area (Å²) in [6.45, 7) is 3.12. The topological polar surface area (TPSA) is 56.2 Å². The van der Waals surface area contributed by atoms with E-state index in [-0.39, 0.29) is 5.91 Å². The number of nitrogens with one attached hydrogen (secondary N) is 1. The lowest BCUT2D eigenvalue weighted by Crippen LogP contribution is -2.54. The van der Waals surface area contributed by atoms with Gasteiger partial charge in [-0.25, -0.2) is 0 Å². The molecule has 1 aliphatic heterocycles. The maximum absolute atomic E-state index is 11.8. The molecule has 0 unspecified atom stereocenters. The Morgan fingerprint density at radius 1 is 1.71 bits per heavy atom. The summed E-state index contributed by atoms with van der Waals surface area (Å²) in [6.07, 6.45) is 6.08. The Balaban J connectivity index is 1.51. The molecule has 0 aromatic carbocycles. The predicted molar refractivity (Wildman–Crippen MR) is 61.4 cm³/mol. The fourth-order valence-electron chi connectivity index (χ4n) is 2.72. The number of hydrogen-bond acceptors (Lipinski definition) is 3. The van der Waals surface area contributed by atoms with E-state index in [0.29, 0.717) is 24.6 Å². The van der Waals surface area contributed by atoms with E-state index in [4.69, 9.17) is 4.74 Å². The molecule has 2 aliphatic rings. The van der Waals surface area contributed by atoms with Crippen LogP contribution < -0.4 is 5.32 Å². The molecule has 17 heavy (non-hydrogen) atoms. The highest BCUT2D eigenvalue weighted by molar-refractivity contribution is 5.76. The van der Waals surface area contributed by atoms with Crippen LogP contribution in [0.4, 0.5) is 0 Å². The Bertz CT molecular complexity index is 429. The highest BCUT2D eigenvalue weighted by Gasteiger charge is 2.45. The molecule has 1 amide bonds. The van der Waals surface area contributed by atoms with E-state index in [1.165, 1.54) is 0 Å². The second-order valence-corrected chi connectivity index (χ2v) is 4.99. The molecule has 1 aliphatic carbocycles. The van der Waals surface area contributed by atoms with Crippen LogP contribution >= 0.6 is 0 Å². The maximum Gasteiger partial charge on any atom is 0.241 e. The quantitative estimate of drug-likeness (QED) is 0.829. The van der Waals surface area contributed by atoms with Crippen molar-refractivity contribution in [2.75, 3.05) is 6.61 Å². The third-order valence-electron chi connectivity index (χ3n) is 3.68. The molecule has 1 N–H and O–H groups in total. The van der Waals surface area contributed by atoms with Crippen LogP contribution in [0.2, 0.25) is 0 Å². The Hall–Kier alpha value is -1.36. The summed E-state index contributed by atoms with van der Waals surface area (Å²) in [5.41, 5.74) is 1.07. The van der Waals surface area contributed by atoms with Gasteiger partial charge in [-0.05, 0) is 25.3 Å². The van der Waals surface area contributed by atoms with Crippen LogP contribution in [0.25, 0.3) is 0 Å². The highest BCUT2D eigenvalue weighted by atomic mass is 16.5. The van der Waals surface area contributed by atoms with Crippen LogP contribution in [0.3, 0.4) is 0 Å². The summed E-state index contributed by atoms with van der Waals surface area (Å²) in [7, 11) is 0. The van der Waals surface area contributed by atoms with Crippen molar-refractivity contribution in [3.63, 3.8) is 0 Å². The van der Waals surface area contributed by atoms with Gasteiger partial charge >= 0.3 is 0 Å². The third-order valence-corrected chi connectivity index (χ3v) is 3.68. The normalized spacial score (nSPS) is 30.8. The molecule has 3 rings (SSSR count). The zero-order chi connectivity index (χ0) is 11.8. The number of amides is 1. The molecular formula is C12H17N3O2. The van der Waals surface area contributed by atoms with Gasteiger partial charge in [0.15, 0.2) is 0 Å². The molecule has 5 nitrogen and oxygen atoms in total. The van der Waals surface area contributed by atoms with E-state index in [1.54, 1.807) is 10.9 Å². The number of nitrogens with zero attached hydrogens (tertiary/aromatic N) is 2. The molecule has 1 aromatic heterocycles. The number of aryl methyl sites for hydroxylation is 1. The summed E-state index contributed by atoms with van der Waals surface area (Å²) in [4.78, 5) is 11.8. The maximum atomic E-state index is 11.8. The molecule has 0 spiro atoms. The molecule has 1 saturated heterocycles. The van der Waals surface area contributed by atoms with Gasteiger partial charge in [0.05, 0.1) is 12.3 Å². The number of ether oxygens (including phenoxy) is 1. The minimum atomic E-state index is 0.0449. The van der Waals surface area contributed by atoms with Crippen LogP contribution in [0.5, 0.6) is 0 Å². The van der Waals surface area contributed by atoms with Gasteiger partial charge in [-0.2, -0.15) is 5.10 Å². The van der Waals surface area contributed by atoms with Gasteiger partial charge < -0.3 is 10.1 Å². The van der Waals surface area contributed by atoms with E-state index < -0.39 is 0 Å². The Kier molecular flexibility index (Phi) is 2.63. The largest absolute Gasteiger partial charge is 0.378 e. The summed E-state index contributed by atoms with van der Waals surface area (Å²) in [5, 5.41) is 7.17. The first-order chi connectivity index (χ1) is 8.22.